The first kappa shape index (κ1) is 31.4. The van der Waals surface area contributed by atoms with Gasteiger partial charge in [0.15, 0.2) is 6.10 Å². The van der Waals surface area contributed by atoms with Crippen molar-refractivity contribution in [3.05, 3.63) is 60.2 Å². The molecule has 2 saturated heterocycles. The van der Waals surface area contributed by atoms with E-state index in [0.29, 0.717) is 44.6 Å². The number of carbonyl (C=O) groups excluding carboxylic acids is 2. The Labute approximate surface area is 244 Å². The number of carboxylic acids is 1. The highest BCUT2D eigenvalue weighted by Crippen LogP contribution is 2.35. The zero-order chi connectivity index (χ0) is 30.4. The zero-order valence-corrected chi connectivity index (χ0v) is 23.7. The van der Waals surface area contributed by atoms with Crippen LogP contribution >= 0.6 is 0 Å². The number of aliphatic hydroxyl groups is 3. The van der Waals surface area contributed by atoms with E-state index in [4.69, 9.17) is 14.2 Å². The van der Waals surface area contributed by atoms with Crippen LogP contribution in [0.15, 0.2) is 54.6 Å². The van der Waals surface area contributed by atoms with Gasteiger partial charge >= 0.3 is 11.9 Å². The number of piperidine rings is 1. The molecule has 0 spiro atoms. The lowest BCUT2D eigenvalue weighted by Crippen LogP contribution is -2.62. The molecule has 2 aliphatic rings. The van der Waals surface area contributed by atoms with Crippen LogP contribution in [0.2, 0.25) is 0 Å². The molecule has 0 aliphatic carbocycles. The Morgan fingerprint density at radius 1 is 0.976 bits per heavy atom. The van der Waals surface area contributed by atoms with Gasteiger partial charge in [-0.25, -0.2) is 9.59 Å². The molecular weight excluding hydrogens is 548 g/mol. The summed E-state index contributed by atoms with van der Waals surface area (Å²) in [5, 5.41) is 39.2. The second kappa shape index (κ2) is 13.6. The van der Waals surface area contributed by atoms with Crippen molar-refractivity contribution in [1.82, 2.24) is 4.90 Å². The summed E-state index contributed by atoms with van der Waals surface area (Å²) in [6.07, 6.45) is -6.60. The van der Waals surface area contributed by atoms with Gasteiger partial charge in [0.05, 0.1) is 7.11 Å². The van der Waals surface area contributed by atoms with Crippen LogP contribution in [0.4, 0.5) is 5.69 Å². The van der Waals surface area contributed by atoms with Gasteiger partial charge in [-0.15, -0.1) is 0 Å². The summed E-state index contributed by atoms with van der Waals surface area (Å²) in [6, 6.07) is 16.1. The fourth-order valence-electron chi connectivity index (χ4n) is 5.53. The molecule has 2 aromatic carbocycles. The van der Waals surface area contributed by atoms with E-state index in [1.54, 1.807) is 24.0 Å². The second-order valence-corrected chi connectivity index (χ2v) is 10.5. The Balaban J connectivity index is 1.36. The van der Waals surface area contributed by atoms with Gasteiger partial charge in [-0.3, -0.25) is 9.69 Å². The van der Waals surface area contributed by atoms with Crippen molar-refractivity contribution in [3.8, 4) is 5.75 Å². The van der Waals surface area contributed by atoms with E-state index in [-0.39, 0.29) is 18.1 Å². The quantitative estimate of drug-likeness (QED) is 0.293. The third-order valence-electron chi connectivity index (χ3n) is 7.95. The van der Waals surface area contributed by atoms with Crippen molar-refractivity contribution >= 4 is 23.5 Å². The van der Waals surface area contributed by atoms with Gasteiger partial charge in [-0.2, -0.15) is 0 Å². The first-order valence-electron chi connectivity index (χ1n) is 14.0. The molecule has 2 fully saturated rings. The highest BCUT2D eigenvalue weighted by atomic mass is 16.7. The smallest absolute Gasteiger partial charge is 0.335 e. The molecule has 12 heteroatoms. The number of para-hydroxylation sites is 1. The van der Waals surface area contributed by atoms with E-state index in [1.165, 1.54) is 7.11 Å². The molecule has 12 nitrogen and oxygen atoms in total. The average molecular weight is 587 g/mol. The first-order chi connectivity index (χ1) is 20.1. The number of hydrogen-bond donors (Lipinski definition) is 4. The van der Waals surface area contributed by atoms with E-state index in [1.807, 2.05) is 42.5 Å². The largest absolute Gasteiger partial charge is 0.479 e. The highest BCUT2D eigenvalue weighted by molar-refractivity contribution is 6.02. The number of benzene rings is 2. The molecule has 0 bridgehead atoms. The molecule has 4 rings (SSSR count). The Kier molecular flexibility index (Phi) is 10.2. The van der Waals surface area contributed by atoms with Crippen molar-refractivity contribution in [2.45, 2.75) is 68.9 Å². The number of nitrogens with zero attached hydrogens (tertiary/aromatic N) is 2. The van der Waals surface area contributed by atoms with Crippen LogP contribution in [0, 0.1) is 0 Å². The van der Waals surface area contributed by atoms with Gasteiger partial charge in [-0.1, -0.05) is 37.3 Å². The van der Waals surface area contributed by atoms with Gasteiger partial charge in [0.1, 0.15) is 29.6 Å². The number of ether oxygens (including phenoxy) is 3. The summed E-state index contributed by atoms with van der Waals surface area (Å²) in [6.45, 7) is 3.66. The minimum Gasteiger partial charge on any atom is -0.479 e. The first-order valence-corrected chi connectivity index (χ1v) is 14.0. The maximum atomic E-state index is 13.2. The van der Waals surface area contributed by atoms with Crippen LogP contribution in [0.25, 0.3) is 0 Å². The standard InChI is InChI=1S/C30H38N2O10/c1-3-22(33)32(20-7-5-4-6-8-20)30(29(39)40-2)14-17-31(18-15-30)16-13-19-9-11-21(12-10-19)41-28-25(36)23(34)24(35)26(42-28)27(37)38/h4-12,23-26,28,34-36H,3,13-18H2,1-2H3,(H,37,38)/t23-,24-,25+,26-,28+/m0/s1. The molecule has 42 heavy (non-hydrogen) atoms. The fourth-order valence-corrected chi connectivity index (χ4v) is 5.53. The number of anilines is 1. The Morgan fingerprint density at radius 3 is 2.19 bits per heavy atom. The topological polar surface area (TPSA) is 166 Å². The molecule has 2 aromatic rings. The Hall–Kier alpha value is -3.55. The predicted molar refractivity (Wildman–Crippen MR) is 150 cm³/mol. The van der Waals surface area contributed by atoms with Crippen molar-refractivity contribution < 1.29 is 49.0 Å². The molecule has 4 N–H and O–H groups in total. The molecule has 0 radical (unpaired) electrons. The van der Waals surface area contributed by atoms with Gasteiger partial charge in [0.25, 0.3) is 0 Å². The van der Waals surface area contributed by atoms with E-state index in [0.717, 1.165) is 5.56 Å². The maximum absolute atomic E-state index is 13.2. The normalized spacial score (nSPS) is 25.8. The number of esters is 1. The van der Waals surface area contributed by atoms with Crippen LogP contribution in [-0.4, -0.2) is 106 Å². The molecule has 0 aromatic heterocycles. The average Bonchev–Trinajstić information content (AvgIpc) is 3.01. The number of amides is 1. The monoisotopic (exact) mass is 586 g/mol. The zero-order valence-electron chi connectivity index (χ0n) is 23.7. The summed E-state index contributed by atoms with van der Waals surface area (Å²) in [7, 11) is 1.35. The molecular formula is C30H38N2O10. The van der Waals surface area contributed by atoms with E-state index in [2.05, 4.69) is 4.90 Å². The number of likely N-dealkylation sites (tertiary alicyclic amines) is 1. The SMILES string of the molecule is CCC(=O)N(c1ccccc1)C1(C(=O)OC)CCN(CCc2ccc(O[C@@H]3O[C@H](C(=O)O)[C@@H](O)[C@H](O)[C@H]3O)cc2)CC1. The molecule has 2 aliphatic heterocycles. The van der Waals surface area contributed by atoms with Crippen LogP contribution < -0.4 is 9.64 Å². The van der Waals surface area contributed by atoms with Crippen LogP contribution in [0.3, 0.4) is 0 Å². The van der Waals surface area contributed by atoms with Gasteiger partial charge in [0.2, 0.25) is 12.2 Å². The molecule has 5 atom stereocenters. The summed E-state index contributed by atoms with van der Waals surface area (Å²) < 4.78 is 15.9. The molecule has 1 amide bonds. The molecule has 0 saturated carbocycles. The van der Waals surface area contributed by atoms with Crippen molar-refractivity contribution in [3.63, 3.8) is 0 Å². The predicted octanol–water partition coefficient (Wildman–Crippen LogP) is 0.951. The summed E-state index contributed by atoms with van der Waals surface area (Å²) in [5.74, 6) is -1.76. The van der Waals surface area contributed by atoms with E-state index >= 15 is 0 Å². The fraction of sp³-hybridized carbons (Fsp3) is 0.500. The molecule has 228 valence electrons. The second-order valence-electron chi connectivity index (χ2n) is 10.5. The van der Waals surface area contributed by atoms with Crippen LogP contribution in [-0.2, 0) is 30.3 Å². The van der Waals surface area contributed by atoms with Crippen LogP contribution in [0.1, 0.15) is 31.7 Å². The number of carboxylic acid groups (broad SMARTS) is 1. The van der Waals surface area contributed by atoms with E-state index < -0.39 is 48.2 Å². The number of aliphatic hydroxyl groups excluding tert-OH is 3. The molecule has 2 heterocycles. The maximum Gasteiger partial charge on any atom is 0.335 e. The number of hydrogen-bond acceptors (Lipinski definition) is 10. The minimum absolute atomic E-state index is 0.141. The van der Waals surface area contributed by atoms with Crippen LogP contribution in [0.5, 0.6) is 5.75 Å². The van der Waals surface area contributed by atoms with Crippen molar-refractivity contribution in [1.29, 1.82) is 0 Å². The van der Waals surface area contributed by atoms with E-state index in [9.17, 15) is 34.8 Å². The highest BCUT2D eigenvalue weighted by Gasteiger charge is 2.50. The summed E-state index contributed by atoms with van der Waals surface area (Å²) >= 11 is 0. The minimum atomic E-state index is -1.79. The van der Waals surface area contributed by atoms with Crippen molar-refractivity contribution in [2.24, 2.45) is 0 Å². The lowest BCUT2D eigenvalue weighted by molar-refractivity contribution is -0.271. The lowest BCUT2D eigenvalue weighted by atomic mass is 9.84. The third kappa shape index (κ3) is 6.58. The summed E-state index contributed by atoms with van der Waals surface area (Å²) in [5.41, 5.74) is 0.567. The number of carbonyl (C=O) groups is 3. The number of methoxy groups -OCH3 is 1. The lowest BCUT2D eigenvalue weighted by Gasteiger charge is -2.46. The third-order valence-corrected chi connectivity index (χ3v) is 7.95. The van der Waals surface area contributed by atoms with Gasteiger partial charge in [-0.05, 0) is 49.1 Å². The Morgan fingerprint density at radius 2 is 1.62 bits per heavy atom. The summed E-state index contributed by atoms with van der Waals surface area (Å²) in [4.78, 5) is 41.4. The number of rotatable bonds is 10. The Bertz CT molecular complexity index is 1220. The van der Waals surface area contributed by atoms with Gasteiger partial charge in [0, 0.05) is 31.7 Å². The van der Waals surface area contributed by atoms with Crippen molar-refractivity contribution in [2.75, 3.05) is 31.6 Å². The number of aliphatic carboxylic acids is 1. The van der Waals surface area contributed by atoms with Gasteiger partial charge < -0.3 is 39.5 Å². The molecule has 0 unspecified atom stereocenters.